The second-order valence-corrected chi connectivity index (χ2v) is 4.51. The summed E-state index contributed by atoms with van der Waals surface area (Å²) in [5, 5.41) is 2.13. The largest absolute Gasteiger partial charge is 0.337 e. The number of hydrogen-bond acceptors (Lipinski definition) is 2. The van der Waals surface area contributed by atoms with Gasteiger partial charge in [-0.05, 0) is 40.6 Å². The Morgan fingerprint density at radius 2 is 1.68 bits per heavy atom. The van der Waals surface area contributed by atoms with Crippen molar-refractivity contribution >= 4 is 40.2 Å². The topological polar surface area (TPSA) is 49.7 Å². The summed E-state index contributed by atoms with van der Waals surface area (Å²) in [7, 11) is 0. The highest BCUT2D eigenvalue weighted by Crippen LogP contribution is 2.33. The van der Waals surface area contributed by atoms with E-state index in [1.54, 1.807) is 6.08 Å². The summed E-state index contributed by atoms with van der Waals surface area (Å²) >= 11 is 0. The molecule has 90 valence electrons. The van der Waals surface area contributed by atoms with Gasteiger partial charge in [-0.2, -0.15) is 4.99 Å². The van der Waals surface area contributed by atoms with E-state index in [0.717, 1.165) is 22.0 Å². The molecule has 0 N–H and O–H groups in total. The molecule has 0 atom stereocenters. The fourth-order valence-corrected chi connectivity index (χ4v) is 2.48. The molecule has 4 rings (SSSR count). The van der Waals surface area contributed by atoms with E-state index in [-0.39, 0.29) is 0 Å². The van der Waals surface area contributed by atoms with E-state index < -0.39 is 11.8 Å². The van der Waals surface area contributed by atoms with E-state index in [1.807, 2.05) is 42.5 Å². The number of anilines is 1. The Morgan fingerprint density at radius 1 is 0.947 bits per heavy atom. The van der Waals surface area contributed by atoms with Crippen molar-refractivity contribution in [3.8, 4) is 0 Å². The fraction of sp³-hybridized carbons (Fsp3) is 0. The molecule has 0 spiro atoms. The molecule has 19 heavy (non-hydrogen) atoms. The molecule has 2 aromatic carbocycles. The highest BCUT2D eigenvalue weighted by Gasteiger charge is 2.35. The van der Waals surface area contributed by atoms with Crippen LogP contribution in [0.25, 0.3) is 16.8 Å². The van der Waals surface area contributed by atoms with Crippen molar-refractivity contribution in [2.45, 2.75) is 0 Å². The minimum atomic E-state index is -0.708. The molecule has 2 aliphatic heterocycles. The van der Waals surface area contributed by atoms with E-state index in [2.05, 4.69) is 4.99 Å². The number of aliphatic imine (C=N–C) groups is 1. The average Bonchev–Trinajstić information content (AvgIpc) is 2.72. The number of amides is 2. The highest BCUT2D eigenvalue weighted by molar-refractivity contribution is 6.54. The monoisotopic (exact) mass is 248 g/mol. The number of amidine groups is 1. The molecule has 0 unspecified atom stereocenters. The molecule has 0 fully saturated rings. The van der Waals surface area contributed by atoms with Crippen LogP contribution in [0.1, 0.15) is 5.56 Å². The Balaban J connectivity index is 2.02. The van der Waals surface area contributed by atoms with Gasteiger partial charge >= 0.3 is 11.8 Å². The van der Waals surface area contributed by atoms with Gasteiger partial charge in [0, 0.05) is 0 Å². The normalized spacial score (nSPS) is 16.6. The predicted molar refractivity (Wildman–Crippen MR) is 72.9 cm³/mol. The number of hydrogen-bond donors (Lipinski definition) is 0. The standard InChI is InChI=1S/C15H8N2O2/c18-14-15(19)17-12-8-10-4-2-1-3-9(10)7-11(12)5-6-13(17)16-14/h1-8H. The smallest absolute Gasteiger partial charge is 0.262 e. The summed E-state index contributed by atoms with van der Waals surface area (Å²) in [6.45, 7) is 0. The van der Waals surface area contributed by atoms with Gasteiger partial charge in [0.25, 0.3) is 0 Å². The number of fused-ring (bicyclic) bond motifs is 4. The van der Waals surface area contributed by atoms with Crippen LogP contribution in [0.15, 0.2) is 47.5 Å². The lowest BCUT2D eigenvalue weighted by Gasteiger charge is -2.22. The summed E-state index contributed by atoms with van der Waals surface area (Å²) in [4.78, 5) is 28.4. The van der Waals surface area contributed by atoms with E-state index in [9.17, 15) is 9.59 Å². The van der Waals surface area contributed by atoms with Crippen molar-refractivity contribution in [1.29, 1.82) is 0 Å². The third-order valence-electron chi connectivity index (χ3n) is 3.38. The maximum Gasteiger partial charge on any atom is 0.337 e. The quantitative estimate of drug-likeness (QED) is 0.671. The lowest BCUT2D eigenvalue weighted by atomic mass is 10.0. The molecule has 0 radical (unpaired) electrons. The van der Waals surface area contributed by atoms with Crippen LogP contribution in [0, 0.1) is 0 Å². The Bertz CT molecular complexity index is 818. The second kappa shape index (κ2) is 3.38. The average molecular weight is 248 g/mol. The van der Waals surface area contributed by atoms with E-state index in [0.29, 0.717) is 5.84 Å². The van der Waals surface area contributed by atoms with Gasteiger partial charge in [0.15, 0.2) is 0 Å². The zero-order valence-electron chi connectivity index (χ0n) is 9.83. The third kappa shape index (κ3) is 1.31. The molecule has 2 aromatic rings. The Morgan fingerprint density at radius 3 is 2.47 bits per heavy atom. The van der Waals surface area contributed by atoms with Crippen molar-refractivity contribution in [2.75, 3.05) is 4.90 Å². The van der Waals surface area contributed by atoms with E-state index in [4.69, 9.17) is 0 Å². The lowest BCUT2D eigenvalue weighted by molar-refractivity contribution is -0.134. The molecule has 2 aliphatic rings. The zero-order valence-corrected chi connectivity index (χ0v) is 9.83. The van der Waals surface area contributed by atoms with Crippen LogP contribution in [-0.2, 0) is 9.59 Å². The van der Waals surface area contributed by atoms with Gasteiger partial charge in [0.1, 0.15) is 5.84 Å². The summed E-state index contributed by atoms with van der Waals surface area (Å²) in [5.41, 5.74) is 1.64. The van der Waals surface area contributed by atoms with Gasteiger partial charge in [-0.3, -0.25) is 14.5 Å². The molecule has 0 aromatic heterocycles. The predicted octanol–water partition coefficient (Wildman–Crippen LogP) is 2.14. The molecule has 0 bridgehead atoms. The molecule has 0 saturated carbocycles. The van der Waals surface area contributed by atoms with Crippen LogP contribution >= 0.6 is 0 Å². The third-order valence-corrected chi connectivity index (χ3v) is 3.38. The second-order valence-electron chi connectivity index (χ2n) is 4.51. The van der Waals surface area contributed by atoms with Crippen molar-refractivity contribution in [3.05, 3.63) is 48.0 Å². The molecular weight excluding hydrogens is 240 g/mol. The van der Waals surface area contributed by atoms with Crippen molar-refractivity contribution in [1.82, 2.24) is 0 Å². The van der Waals surface area contributed by atoms with Crippen LogP contribution in [0.3, 0.4) is 0 Å². The minimum Gasteiger partial charge on any atom is -0.262 e. The van der Waals surface area contributed by atoms with Crippen LogP contribution in [-0.4, -0.2) is 17.6 Å². The van der Waals surface area contributed by atoms with Crippen LogP contribution in [0.2, 0.25) is 0 Å². The highest BCUT2D eigenvalue weighted by atomic mass is 16.2. The molecule has 4 nitrogen and oxygen atoms in total. The Labute approximate surface area is 108 Å². The lowest BCUT2D eigenvalue weighted by Crippen LogP contribution is -2.34. The Kier molecular flexibility index (Phi) is 1.82. The van der Waals surface area contributed by atoms with Crippen LogP contribution in [0.5, 0.6) is 0 Å². The Hall–Kier alpha value is -2.75. The number of carbonyl (C=O) groups excluding carboxylic acids is 2. The van der Waals surface area contributed by atoms with Gasteiger partial charge in [-0.25, -0.2) is 0 Å². The summed E-state index contributed by atoms with van der Waals surface area (Å²) in [6, 6.07) is 11.8. The van der Waals surface area contributed by atoms with Crippen molar-refractivity contribution in [3.63, 3.8) is 0 Å². The maximum atomic E-state index is 11.9. The molecule has 2 heterocycles. The molecule has 4 heteroatoms. The first-order chi connectivity index (χ1) is 9.24. The maximum absolute atomic E-state index is 11.9. The number of nitrogens with zero attached hydrogens (tertiary/aromatic N) is 2. The number of carbonyl (C=O) groups is 2. The van der Waals surface area contributed by atoms with Gasteiger partial charge in [0.2, 0.25) is 0 Å². The first-order valence-electron chi connectivity index (χ1n) is 5.92. The molecule has 0 saturated heterocycles. The first-order valence-corrected chi connectivity index (χ1v) is 5.92. The summed E-state index contributed by atoms with van der Waals surface area (Å²) < 4.78 is 0. The fourth-order valence-electron chi connectivity index (χ4n) is 2.48. The van der Waals surface area contributed by atoms with E-state index in [1.165, 1.54) is 4.90 Å². The minimum absolute atomic E-state index is 0.401. The van der Waals surface area contributed by atoms with E-state index >= 15 is 0 Å². The zero-order chi connectivity index (χ0) is 13.0. The number of benzene rings is 2. The molecule has 2 amide bonds. The number of rotatable bonds is 0. The van der Waals surface area contributed by atoms with Crippen molar-refractivity contribution in [2.24, 2.45) is 4.99 Å². The van der Waals surface area contributed by atoms with Gasteiger partial charge in [-0.15, -0.1) is 0 Å². The van der Waals surface area contributed by atoms with Crippen LogP contribution in [0.4, 0.5) is 5.69 Å². The van der Waals surface area contributed by atoms with Gasteiger partial charge in [0.05, 0.1) is 5.69 Å². The summed E-state index contributed by atoms with van der Waals surface area (Å²) in [6.07, 6.45) is 3.57. The molecule has 0 aliphatic carbocycles. The SMILES string of the molecule is O=C1N=C2C=Cc3cc4ccccc4cc3N2C1=O. The van der Waals surface area contributed by atoms with Gasteiger partial charge in [-0.1, -0.05) is 24.3 Å². The van der Waals surface area contributed by atoms with Crippen LogP contribution < -0.4 is 4.90 Å². The molecular formula is C15H8N2O2. The van der Waals surface area contributed by atoms with Gasteiger partial charge < -0.3 is 0 Å². The summed E-state index contributed by atoms with van der Waals surface area (Å²) in [5.74, 6) is -0.894. The van der Waals surface area contributed by atoms with Crippen molar-refractivity contribution < 1.29 is 9.59 Å². The first kappa shape index (κ1) is 10.2.